The van der Waals surface area contributed by atoms with Crippen molar-refractivity contribution in [1.82, 2.24) is 0 Å². The molecule has 3 aromatic heterocycles. The van der Waals surface area contributed by atoms with Crippen molar-refractivity contribution in [3.05, 3.63) is 104 Å². The fraction of sp³-hybridized carbons (Fsp3) is 0. The third kappa shape index (κ3) is 3.67. The number of rotatable bonds is 3. The molecule has 0 aliphatic carbocycles. The van der Waals surface area contributed by atoms with Gasteiger partial charge in [-0.25, -0.2) is 0 Å². The highest BCUT2D eigenvalue weighted by Crippen LogP contribution is 2.44. The van der Waals surface area contributed by atoms with Gasteiger partial charge < -0.3 is 13.3 Å². The van der Waals surface area contributed by atoms with Crippen LogP contribution in [0.4, 0.5) is 0 Å². The predicted octanol–water partition coefficient (Wildman–Crippen LogP) is 11.2. The topological polar surface area (TPSA) is 39.4 Å². The molecule has 0 saturated heterocycles. The van der Waals surface area contributed by atoms with Gasteiger partial charge in [-0.2, -0.15) is 0 Å². The summed E-state index contributed by atoms with van der Waals surface area (Å²) in [6.45, 7) is 0. The lowest BCUT2D eigenvalue weighted by atomic mass is 10.1. The Morgan fingerprint density at radius 1 is 0.361 bits per heavy atom. The SMILES string of the molecule is Brc1ccc(-c2cc3c(o2)c2cc(-c4ccc(Br)cc4)oc2c2cc(-c4ccc(Br)cc4)oc32)cc1. The maximum absolute atomic E-state index is 6.47. The van der Waals surface area contributed by atoms with Crippen molar-refractivity contribution < 1.29 is 13.3 Å². The molecule has 3 nitrogen and oxygen atoms in total. The maximum atomic E-state index is 6.47. The van der Waals surface area contributed by atoms with Gasteiger partial charge in [0.15, 0.2) is 0 Å². The Kier molecular flexibility index (Phi) is 5.24. The van der Waals surface area contributed by atoms with Gasteiger partial charge in [0.2, 0.25) is 0 Å². The molecule has 4 aromatic carbocycles. The summed E-state index contributed by atoms with van der Waals surface area (Å²) in [6, 6.07) is 30.4. The highest BCUT2D eigenvalue weighted by Gasteiger charge is 2.22. The molecule has 0 N–H and O–H groups in total. The summed E-state index contributed by atoms with van der Waals surface area (Å²) in [4.78, 5) is 0. The number of hydrogen-bond acceptors (Lipinski definition) is 3. The van der Waals surface area contributed by atoms with Gasteiger partial charge in [-0.05, 0) is 54.6 Å². The molecular weight excluding hydrogens is 648 g/mol. The van der Waals surface area contributed by atoms with E-state index in [9.17, 15) is 0 Å². The van der Waals surface area contributed by atoms with Crippen LogP contribution in [0.3, 0.4) is 0 Å². The molecule has 0 aliphatic heterocycles. The van der Waals surface area contributed by atoms with Crippen molar-refractivity contribution >= 4 is 80.7 Å². The van der Waals surface area contributed by atoms with Crippen LogP contribution in [-0.2, 0) is 0 Å². The Morgan fingerprint density at radius 3 is 0.861 bits per heavy atom. The molecule has 7 rings (SSSR count). The Hall–Kier alpha value is -3.06. The van der Waals surface area contributed by atoms with Crippen LogP contribution < -0.4 is 0 Å². The van der Waals surface area contributed by atoms with Gasteiger partial charge in [0.05, 0.1) is 16.2 Å². The van der Waals surface area contributed by atoms with E-state index in [2.05, 4.69) is 66.0 Å². The third-order valence-corrected chi connectivity index (χ3v) is 7.90. The van der Waals surface area contributed by atoms with Crippen LogP contribution in [0.2, 0.25) is 0 Å². The van der Waals surface area contributed by atoms with Crippen molar-refractivity contribution in [3.63, 3.8) is 0 Å². The number of furan rings is 3. The molecule has 3 heterocycles. The van der Waals surface area contributed by atoms with Gasteiger partial charge in [-0.15, -0.1) is 0 Å². The Balaban J connectivity index is 1.53. The van der Waals surface area contributed by atoms with Gasteiger partial charge in [0.1, 0.15) is 34.0 Å². The lowest BCUT2D eigenvalue weighted by Gasteiger charge is -1.96. The Bertz CT molecular complexity index is 1570. The zero-order chi connectivity index (χ0) is 24.4. The van der Waals surface area contributed by atoms with E-state index < -0.39 is 0 Å². The van der Waals surface area contributed by atoms with Crippen molar-refractivity contribution in [2.75, 3.05) is 0 Å². The van der Waals surface area contributed by atoms with Crippen molar-refractivity contribution in [2.24, 2.45) is 0 Å². The second-order valence-corrected chi connectivity index (χ2v) is 11.3. The molecule has 36 heavy (non-hydrogen) atoms. The fourth-order valence-corrected chi connectivity index (χ4v) is 5.34. The molecule has 0 atom stereocenters. The molecule has 7 aromatic rings. The van der Waals surface area contributed by atoms with Gasteiger partial charge in [0, 0.05) is 30.1 Å². The van der Waals surface area contributed by atoms with Crippen LogP contribution in [-0.4, -0.2) is 0 Å². The first-order valence-corrected chi connectivity index (χ1v) is 13.6. The summed E-state index contributed by atoms with van der Waals surface area (Å²) in [5.41, 5.74) is 5.23. The average molecular weight is 663 g/mol. The van der Waals surface area contributed by atoms with E-state index >= 15 is 0 Å². The van der Waals surface area contributed by atoms with Crippen LogP contribution in [0.1, 0.15) is 0 Å². The summed E-state index contributed by atoms with van der Waals surface area (Å²) in [5, 5.41) is 2.76. The highest BCUT2D eigenvalue weighted by molar-refractivity contribution is 9.11. The number of benzene rings is 4. The first-order valence-electron chi connectivity index (χ1n) is 11.2. The molecule has 0 amide bonds. The quantitative estimate of drug-likeness (QED) is 0.189. The third-order valence-electron chi connectivity index (χ3n) is 6.32. The minimum atomic E-state index is 0.749. The molecule has 0 aliphatic rings. The largest absolute Gasteiger partial charge is 0.455 e. The van der Waals surface area contributed by atoms with Crippen molar-refractivity contribution in [3.8, 4) is 34.0 Å². The number of fused-ring (bicyclic) bond motifs is 6. The zero-order valence-electron chi connectivity index (χ0n) is 18.5. The Morgan fingerprint density at radius 2 is 0.611 bits per heavy atom. The molecule has 6 heteroatoms. The van der Waals surface area contributed by atoms with E-state index in [0.29, 0.717) is 0 Å². The van der Waals surface area contributed by atoms with Crippen LogP contribution >= 0.6 is 47.8 Å². The first kappa shape index (κ1) is 22.2. The fourth-order valence-electron chi connectivity index (χ4n) is 4.55. The van der Waals surface area contributed by atoms with Crippen molar-refractivity contribution in [1.29, 1.82) is 0 Å². The summed E-state index contributed by atoms with van der Waals surface area (Å²) in [6.07, 6.45) is 0. The van der Waals surface area contributed by atoms with E-state index in [0.717, 1.165) is 80.3 Å². The van der Waals surface area contributed by atoms with E-state index in [1.807, 2.05) is 72.8 Å². The second kappa shape index (κ2) is 8.51. The lowest BCUT2D eigenvalue weighted by Crippen LogP contribution is -1.72. The Labute approximate surface area is 231 Å². The number of halogens is 3. The molecular formula is C30H15Br3O3. The lowest BCUT2D eigenvalue weighted by molar-refractivity contribution is 0.623. The summed E-state index contributed by atoms with van der Waals surface area (Å²) in [7, 11) is 0. The number of hydrogen-bond donors (Lipinski definition) is 0. The molecule has 0 radical (unpaired) electrons. The van der Waals surface area contributed by atoms with E-state index in [4.69, 9.17) is 13.3 Å². The first-order chi connectivity index (χ1) is 17.5. The van der Waals surface area contributed by atoms with E-state index in [1.54, 1.807) is 0 Å². The molecule has 0 saturated carbocycles. The van der Waals surface area contributed by atoms with Gasteiger partial charge in [-0.1, -0.05) is 84.2 Å². The summed E-state index contributed by atoms with van der Waals surface area (Å²) >= 11 is 10.5. The van der Waals surface area contributed by atoms with Gasteiger partial charge in [0.25, 0.3) is 0 Å². The van der Waals surface area contributed by atoms with Crippen LogP contribution in [0, 0.1) is 0 Å². The second-order valence-electron chi connectivity index (χ2n) is 8.58. The average Bonchev–Trinajstić information content (AvgIpc) is 3.61. The summed E-state index contributed by atoms with van der Waals surface area (Å²) < 4.78 is 22.5. The maximum Gasteiger partial charge on any atom is 0.149 e. The molecule has 0 bridgehead atoms. The minimum absolute atomic E-state index is 0.749. The summed E-state index contributed by atoms with van der Waals surface area (Å²) in [5.74, 6) is 2.33. The normalized spacial score (nSPS) is 11.8. The van der Waals surface area contributed by atoms with Crippen LogP contribution in [0.5, 0.6) is 0 Å². The molecule has 174 valence electrons. The highest BCUT2D eigenvalue weighted by atomic mass is 79.9. The van der Waals surface area contributed by atoms with E-state index in [-0.39, 0.29) is 0 Å². The van der Waals surface area contributed by atoms with Gasteiger partial charge >= 0.3 is 0 Å². The molecule has 0 unspecified atom stereocenters. The minimum Gasteiger partial charge on any atom is -0.455 e. The molecule has 0 fully saturated rings. The van der Waals surface area contributed by atoms with Gasteiger partial charge in [-0.3, -0.25) is 0 Å². The van der Waals surface area contributed by atoms with Crippen molar-refractivity contribution in [2.45, 2.75) is 0 Å². The standard InChI is InChI=1S/C30H15Br3O3/c31-19-7-1-16(2-8-19)25-13-22-28(34-25)23-14-26(17-3-9-20(32)10-4-17)36-30(23)24-15-27(35-29(22)24)18-5-11-21(33)12-6-18/h1-15H. The smallest absolute Gasteiger partial charge is 0.149 e. The monoisotopic (exact) mass is 660 g/mol. The molecule has 0 spiro atoms. The van der Waals surface area contributed by atoms with Crippen LogP contribution in [0.15, 0.2) is 118 Å². The zero-order valence-corrected chi connectivity index (χ0v) is 23.3. The van der Waals surface area contributed by atoms with E-state index in [1.165, 1.54) is 0 Å². The van der Waals surface area contributed by atoms with Crippen LogP contribution in [0.25, 0.3) is 66.9 Å². The predicted molar refractivity (Wildman–Crippen MR) is 155 cm³/mol.